The van der Waals surface area contributed by atoms with Crippen LogP contribution in [0.15, 0.2) is 30.3 Å². The molecule has 1 aromatic rings. The number of nitrogens with one attached hydrogen (secondary N) is 1. The van der Waals surface area contributed by atoms with Crippen LogP contribution in [-0.2, 0) is 20.0 Å². The van der Waals surface area contributed by atoms with Crippen LogP contribution in [0.2, 0.25) is 0 Å². The van der Waals surface area contributed by atoms with Gasteiger partial charge in [-0.2, -0.15) is 0 Å². The van der Waals surface area contributed by atoms with Crippen LogP contribution in [0.3, 0.4) is 0 Å². The van der Waals surface area contributed by atoms with E-state index in [0.29, 0.717) is 13.2 Å². The van der Waals surface area contributed by atoms with Crippen molar-refractivity contribution in [3.63, 3.8) is 0 Å². The van der Waals surface area contributed by atoms with Crippen molar-refractivity contribution in [1.29, 1.82) is 0 Å². The molecule has 0 unspecified atom stereocenters. The highest BCUT2D eigenvalue weighted by atomic mass is 32.2. The van der Waals surface area contributed by atoms with E-state index in [9.17, 15) is 4.57 Å². The van der Waals surface area contributed by atoms with Crippen LogP contribution in [0, 0.1) is 5.41 Å². The van der Waals surface area contributed by atoms with Gasteiger partial charge in [0.15, 0.2) is 0 Å². The monoisotopic (exact) mass is 369 g/mol. The van der Waals surface area contributed by atoms with Crippen LogP contribution in [0.1, 0.15) is 39.7 Å². The molecule has 6 heteroatoms. The highest BCUT2D eigenvalue weighted by molar-refractivity contribution is 8.01. The van der Waals surface area contributed by atoms with E-state index in [1.165, 1.54) is 5.56 Å². The summed E-state index contributed by atoms with van der Waals surface area (Å²) in [5, 5.41) is 3.80. The Balaban J connectivity index is 1.64. The second-order valence-electron chi connectivity index (χ2n) is 8.05. The minimum Gasteiger partial charge on any atom is -0.307 e. The third-order valence-electron chi connectivity index (χ3n) is 4.57. The van der Waals surface area contributed by atoms with E-state index in [2.05, 4.69) is 57.3 Å². The second kappa shape index (κ2) is 6.77. The van der Waals surface area contributed by atoms with E-state index in [-0.39, 0.29) is 21.3 Å². The molecule has 2 saturated heterocycles. The van der Waals surface area contributed by atoms with Gasteiger partial charge >= 0.3 is 7.60 Å². The van der Waals surface area contributed by atoms with Crippen molar-refractivity contribution in [2.75, 3.05) is 13.2 Å². The highest BCUT2D eigenvalue weighted by Crippen LogP contribution is 2.63. The largest absolute Gasteiger partial charge is 0.348 e. The summed E-state index contributed by atoms with van der Waals surface area (Å²) in [5.41, 5.74) is 1.26. The van der Waals surface area contributed by atoms with Gasteiger partial charge in [-0.3, -0.25) is 9.88 Å². The van der Waals surface area contributed by atoms with Crippen LogP contribution in [0.5, 0.6) is 0 Å². The molecular weight excluding hydrogens is 341 g/mol. The second-order valence-corrected chi connectivity index (χ2v) is 12.0. The van der Waals surface area contributed by atoms with Crippen molar-refractivity contribution < 1.29 is 13.6 Å². The van der Waals surface area contributed by atoms with Crippen LogP contribution in [-0.4, -0.2) is 29.1 Å². The standard InChI is InChI=1S/C18H28NO3PS/c1-17(2)12-21-23(20,22-13-17)16-18(3,4)24-15(19-16)11-10-14-8-6-5-7-9-14/h5-9,15-16,19H,10-13H2,1-4H3/t15-,16-/m1/s1. The molecule has 3 rings (SSSR count). The van der Waals surface area contributed by atoms with Gasteiger partial charge in [-0.1, -0.05) is 44.2 Å². The average Bonchev–Trinajstić information content (AvgIpc) is 2.85. The maximum atomic E-state index is 13.2. The predicted molar refractivity (Wildman–Crippen MR) is 100 cm³/mol. The number of aryl methyl sites for hydroxylation is 1. The van der Waals surface area contributed by atoms with E-state index >= 15 is 0 Å². The molecule has 0 radical (unpaired) electrons. The third-order valence-corrected chi connectivity index (χ3v) is 8.65. The first-order valence-corrected chi connectivity index (χ1v) is 11.1. The normalized spacial score (nSPS) is 31.0. The zero-order valence-electron chi connectivity index (χ0n) is 15.0. The summed E-state index contributed by atoms with van der Waals surface area (Å²) in [5.74, 6) is -0.258. The minimum absolute atomic E-state index is 0.0729. The molecule has 0 aliphatic carbocycles. The Morgan fingerprint density at radius 2 is 1.79 bits per heavy atom. The lowest BCUT2D eigenvalue weighted by atomic mass is 9.97. The smallest absolute Gasteiger partial charge is 0.307 e. The maximum absolute atomic E-state index is 13.2. The first kappa shape index (κ1) is 18.5. The zero-order chi connectivity index (χ0) is 17.4. The van der Waals surface area contributed by atoms with Gasteiger partial charge in [0.1, 0.15) is 5.78 Å². The van der Waals surface area contributed by atoms with Crippen LogP contribution in [0.4, 0.5) is 0 Å². The van der Waals surface area contributed by atoms with Gasteiger partial charge in [-0.15, -0.1) is 11.8 Å². The summed E-state index contributed by atoms with van der Waals surface area (Å²) < 4.78 is 24.6. The Hall–Kier alpha value is -0.320. The topological polar surface area (TPSA) is 47.6 Å². The molecule has 0 saturated carbocycles. The fourth-order valence-corrected chi connectivity index (χ4v) is 7.75. The molecular formula is C18H28NO3PS. The fourth-order valence-electron chi connectivity index (χ4n) is 3.16. The lowest BCUT2D eigenvalue weighted by molar-refractivity contribution is 0.0357. The van der Waals surface area contributed by atoms with Crippen molar-refractivity contribution in [3.05, 3.63) is 35.9 Å². The van der Waals surface area contributed by atoms with E-state index in [0.717, 1.165) is 12.8 Å². The molecule has 0 spiro atoms. The van der Waals surface area contributed by atoms with Gasteiger partial charge in [0.25, 0.3) is 0 Å². The Kier molecular flexibility index (Phi) is 5.21. The van der Waals surface area contributed by atoms with Gasteiger partial charge in [-0.25, -0.2) is 0 Å². The first-order valence-electron chi connectivity index (χ1n) is 8.57. The zero-order valence-corrected chi connectivity index (χ0v) is 16.7. The Morgan fingerprint density at radius 1 is 1.17 bits per heavy atom. The molecule has 0 amide bonds. The van der Waals surface area contributed by atoms with Gasteiger partial charge in [0.05, 0.1) is 18.6 Å². The maximum Gasteiger partial charge on any atom is 0.348 e. The number of benzene rings is 1. The molecule has 24 heavy (non-hydrogen) atoms. The minimum atomic E-state index is -3.13. The number of hydrogen-bond acceptors (Lipinski definition) is 5. The van der Waals surface area contributed by atoms with E-state index in [1.54, 1.807) is 0 Å². The van der Waals surface area contributed by atoms with Crippen molar-refractivity contribution in [3.8, 4) is 0 Å². The molecule has 2 aliphatic heterocycles. The highest BCUT2D eigenvalue weighted by Gasteiger charge is 2.54. The summed E-state index contributed by atoms with van der Waals surface area (Å²) in [7, 11) is -3.13. The lowest BCUT2D eigenvalue weighted by Gasteiger charge is -2.39. The Labute approximate surface area is 149 Å². The Bertz CT molecular complexity index is 606. The molecule has 134 valence electrons. The van der Waals surface area contributed by atoms with Crippen LogP contribution in [0.25, 0.3) is 0 Å². The fraction of sp³-hybridized carbons (Fsp3) is 0.667. The van der Waals surface area contributed by atoms with E-state index < -0.39 is 7.60 Å². The third kappa shape index (κ3) is 4.08. The molecule has 2 heterocycles. The molecule has 0 bridgehead atoms. The molecule has 1 aromatic carbocycles. The number of hydrogen-bond donors (Lipinski definition) is 1. The van der Waals surface area contributed by atoms with Crippen LogP contribution >= 0.6 is 19.4 Å². The van der Waals surface area contributed by atoms with E-state index in [4.69, 9.17) is 9.05 Å². The molecule has 1 N–H and O–H groups in total. The van der Waals surface area contributed by atoms with Crippen LogP contribution < -0.4 is 5.32 Å². The average molecular weight is 369 g/mol. The molecule has 2 aliphatic rings. The van der Waals surface area contributed by atoms with Gasteiger partial charge in [0.2, 0.25) is 0 Å². The van der Waals surface area contributed by atoms with Gasteiger partial charge < -0.3 is 9.05 Å². The summed E-state index contributed by atoms with van der Waals surface area (Å²) in [6.45, 7) is 9.37. The number of rotatable bonds is 4. The first-order chi connectivity index (χ1) is 11.2. The van der Waals surface area contributed by atoms with Gasteiger partial charge in [0, 0.05) is 10.2 Å². The Morgan fingerprint density at radius 3 is 2.42 bits per heavy atom. The molecule has 0 aromatic heterocycles. The van der Waals surface area contributed by atoms with E-state index in [1.807, 2.05) is 17.8 Å². The summed E-state index contributed by atoms with van der Waals surface area (Å²) in [6, 6.07) is 10.5. The predicted octanol–water partition coefficient (Wildman–Crippen LogP) is 4.65. The van der Waals surface area contributed by atoms with Gasteiger partial charge in [-0.05, 0) is 32.3 Å². The van der Waals surface area contributed by atoms with Crippen molar-refractivity contribution in [2.45, 2.75) is 56.4 Å². The molecule has 2 atom stereocenters. The summed E-state index contributed by atoms with van der Waals surface area (Å²) >= 11 is 1.84. The van der Waals surface area contributed by atoms with Crippen molar-refractivity contribution in [1.82, 2.24) is 5.32 Å². The summed E-state index contributed by atoms with van der Waals surface area (Å²) in [6.07, 6.45) is 2.01. The molecule has 2 fully saturated rings. The summed E-state index contributed by atoms with van der Waals surface area (Å²) in [4.78, 5) is 0. The lowest BCUT2D eigenvalue weighted by Crippen LogP contribution is -2.42. The number of thioether (sulfide) groups is 1. The quantitative estimate of drug-likeness (QED) is 0.783. The van der Waals surface area contributed by atoms with Crippen molar-refractivity contribution >= 4 is 19.4 Å². The van der Waals surface area contributed by atoms with Crippen molar-refractivity contribution in [2.24, 2.45) is 5.41 Å². The molecule has 4 nitrogen and oxygen atoms in total. The SMILES string of the molecule is CC1(C)COP(=O)([C@H]2N[C@@H](CCc3ccccc3)SC2(C)C)OC1.